The van der Waals surface area contributed by atoms with Gasteiger partial charge in [-0.1, -0.05) is 27.5 Å². The van der Waals surface area contributed by atoms with E-state index in [1.807, 2.05) is 12.1 Å². The Balaban J connectivity index is 2.51. The van der Waals surface area contributed by atoms with E-state index in [1.165, 1.54) is 15.6 Å². The van der Waals surface area contributed by atoms with Gasteiger partial charge >= 0.3 is 0 Å². The van der Waals surface area contributed by atoms with Gasteiger partial charge in [-0.15, -0.1) is 0 Å². The third-order valence-corrected chi connectivity index (χ3v) is 3.55. The molecule has 1 nitrogen and oxygen atoms in total. The third-order valence-electron chi connectivity index (χ3n) is 2.45. The molecular weight excluding hydrogens is 249 g/mol. The molecule has 0 saturated heterocycles. The molecule has 13 heavy (non-hydrogen) atoms. The second-order valence-electron chi connectivity index (χ2n) is 3.47. The SMILES string of the molecule is CC1Cc2c(Br)ccc(Cl)c2CN1. The standard InChI is InChI=1S/C10H11BrClN/c1-6-4-7-8(5-13-6)10(12)3-2-9(7)11/h2-3,6,13H,4-5H2,1H3. The Bertz CT molecular complexity index is 338. The highest BCUT2D eigenvalue weighted by molar-refractivity contribution is 9.10. The number of nitrogens with one attached hydrogen (secondary N) is 1. The van der Waals surface area contributed by atoms with Crippen molar-refractivity contribution in [1.82, 2.24) is 5.32 Å². The van der Waals surface area contributed by atoms with Crippen LogP contribution < -0.4 is 5.32 Å². The van der Waals surface area contributed by atoms with E-state index in [2.05, 4.69) is 28.2 Å². The van der Waals surface area contributed by atoms with Crippen molar-refractivity contribution in [2.24, 2.45) is 0 Å². The fraction of sp³-hybridized carbons (Fsp3) is 0.400. The fourth-order valence-corrected chi connectivity index (χ4v) is 2.48. The van der Waals surface area contributed by atoms with Crippen LogP contribution in [0.15, 0.2) is 16.6 Å². The van der Waals surface area contributed by atoms with Gasteiger partial charge in [0.2, 0.25) is 0 Å². The van der Waals surface area contributed by atoms with Crippen LogP contribution in [0.25, 0.3) is 0 Å². The number of fused-ring (bicyclic) bond motifs is 1. The third kappa shape index (κ3) is 1.76. The van der Waals surface area contributed by atoms with Gasteiger partial charge in [-0.3, -0.25) is 0 Å². The molecule has 1 atom stereocenters. The van der Waals surface area contributed by atoms with Gasteiger partial charge in [0.05, 0.1) is 0 Å². The summed E-state index contributed by atoms with van der Waals surface area (Å²) in [6.45, 7) is 3.07. The van der Waals surface area contributed by atoms with Gasteiger partial charge in [-0.2, -0.15) is 0 Å². The highest BCUT2D eigenvalue weighted by Gasteiger charge is 2.18. The highest BCUT2D eigenvalue weighted by atomic mass is 79.9. The molecule has 1 aromatic carbocycles. The van der Waals surface area contributed by atoms with Crippen LogP contribution in [0, 0.1) is 0 Å². The molecule has 0 spiro atoms. The lowest BCUT2D eigenvalue weighted by Gasteiger charge is -2.24. The number of hydrogen-bond donors (Lipinski definition) is 1. The molecule has 0 aliphatic carbocycles. The van der Waals surface area contributed by atoms with E-state index in [-0.39, 0.29) is 0 Å². The molecule has 1 heterocycles. The smallest absolute Gasteiger partial charge is 0.0454 e. The van der Waals surface area contributed by atoms with Crippen molar-refractivity contribution in [3.05, 3.63) is 32.8 Å². The van der Waals surface area contributed by atoms with Gasteiger partial charge in [-0.05, 0) is 36.6 Å². The van der Waals surface area contributed by atoms with Gasteiger partial charge in [0.15, 0.2) is 0 Å². The van der Waals surface area contributed by atoms with Crippen molar-refractivity contribution >= 4 is 27.5 Å². The number of halogens is 2. The molecule has 0 amide bonds. The molecule has 1 aliphatic rings. The molecule has 70 valence electrons. The summed E-state index contributed by atoms with van der Waals surface area (Å²) in [7, 11) is 0. The van der Waals surface area contributed by atoms with Crippen LogP contribution in [-0.4, -0.2) is 6.04 Å². The van der Waals surface area contributed by atoms with E-state index in [0.717, 1.165) is 18.0 Å². The predicted octanol–water partition coefficient (Wildman–Crippen LogP) is 3.14. The molecule has 0 radical (unpaired) electrons. The summed E-state index contributed by atoms with van der Waals surface area (Å²) in [5, 5.41) is 4.27. The Morgan fingerprint density at radius 3 is 3.00 bits per heavy atom. The minimum absolute atomic E-state index is 0.544. The lowest BCUT2D eigenvalue weighted by molar-refractivity contribution is 0.512. The van der Waals surface area contributed by atoms with E-state index < -0.39 is 0 Å². The average molecular weight is 261 g/mol. The van der Waals surface area contributed by atoms with Crippen LogP contribution in [0.2, 0.25) is 5.02 Å². The molecule has 0 fully saturated rings. The Morgan fingerprint density at radius 1 is 1.46 bits per heavy atom. The van der Waals surface area contributed by atoms with Crippen LogP contribution in [0.3, 0.4) is 0 Å². The van der Waals surface area contributed by atoms with Crippen LogP contribution in [0.4, 0.5) is 0 Å². The monoisotopic (exact) mass is 259 g/mol. The minimum atomic E-state index is 0.544. The van der Waals surface area contributed by atoms with Gasteiger partial charge in [0, 0.05) is 22.1 Å². The maximum atomic E-state index is 6.10. The summed E-state index contributed by atoms with van der Waals surface area (Å²) in [6, 6.07) is 4.52. The summed E-state index contributed by atoms with van der Waals surface area (Å²) in [5.41, 5.74) is 2.60. The van der Waals surface area contributed by atoms with Gasteiger partial charge in [-0.25, -0.2) is 0 Å². The molecular formula is C10H11BrClN. The van der Waals surface area contributed by atoms with Crippen LogP contribution in [0.5, 0.6) is 0 Å². The minimum Gasteiger partial charge on any atom is -0.310 e. The molecule has 1 N–H and O–H groups in total. The first-order valence-electron chi connectivity index (χ1n) is 4.37. The zero-order valence-corrected chi connectivity index (χ0v) is 9.74. The molecule has 2 rings (SSSR count). The van der Waals surface area contributed by atoms with E-state index in [4.69, 9.17) is 11.6 Å². The van der Waals surface area contributed by atoms with Crippen molar-refractivity contribution in [2.45, 2.75) is 25.9 Å². The summed E-state index contributed by atoms with van der Waals surface area (Å²) in [4.78, 5) is 0. The first kappa shape index (κ1) is 9.50. The predicted molar refractivity (Wildman–Crippen MR) is 59.2 cm³/mol. The van der Waals surface area contributed by atoms with Gasteiger partial charge < -0.3 is 5.32 Å². The average Bonchev–Trinajstić information content (AvgIpc) is 2.12. The maximum Gasteiger partial charge on any atom is 0.0454 e. The van der Waals surface area contributed by atoms with E-state index in [1.54, 1.807) is 0 Å². The second-order valence-corrected chi connectivity index (χ2v) is 4.73. The van der Waals surface area contributed by atoms with Gasteiger partial charge in [0.1, 0.15) is 0 Å². The number of hydrogen-bond acceptors (Lipinski definition) is 1. The second kappa shape index (κ2) is 3.60. The lowest BCUT2D eigenvalue weighted by Crippen LogP contribution is -2.33. The molecule has 1 aromatic rings. The molecule has 1 unspecified atom stereocenters. The van der Waals surface area contributed by atoms with Crippen molar-refractivity contribution < 1.29 is 0 Å². The molecule has 3 heteroatoms. The number of rotatable bonds is 0. The van der Waals surface area contributed by atoms with Crippen molar-refractivity contribution in [3.8, 4) is 0 Å². The summed E-state index contributed by atoms with van der Waals surface area (Å²) in [6.07, 6.45) is 1.05. The van der Waals surface area contributed by atoms with Crippen molar-refractivity contribution in [2.75, 3.05) is 0 Å². The van der Waals surface area contributed by atoms with Crippen LogP contribution in [-0.2, 0) is 13.0 Å². The topological polar surface area (TPSA) is 12.0 Å². The zero-order valence-electron chi connectivity index (χ0n) is 7.40. The van der Waals surface area contributed by atoms with Crippen molar-refractivity contribution in [3.63, 3.8) is 0 Å². The maximum absolute atomic E-state index is 6.10. The van der Waals surface area contributed by atoms with E-state index in [0.29, 0.717) is 6.04 Å². The molecule has 0 aromatic heterocycles. The summed E-state index contributed by atoms with van der Waals surface area (Å²) < 4.78 is 1.18. The van der Waals surface area contributed by atoms with Gasteiger partial charge in [0.25, 0.3) is 0 Å². The number of benzene rings is 1. The normalized spacial score (nSPS) is 21.3. The largest absolute Gasteiger partial charge is 0.310 e. The summed E-state index contributed by atoms with van der Waals surface area (Å²) in [5.74, 6) is 0. The molecule has 0 bridgehead atoms. The van der Waals surface area contributed by atoms with E-state index >= 15 is 0 Å². The lowest BCUT2D eigenvalue weighted by atomic mass is 9.97. The highest BCUT2D eigenvalue weighted by Crippen LogP contribution is 2.30. The summed E-state index contributed by atoms with van der Waals surface area (Å²) >= 11 is 9.66. The van der Waals surface area contributed by atoms with E-state index in [9.17, 15) is 0 Å². The zero-order chi connectivity index (χ0) is 9.42. The van der Waals surface area contributed by atoms with Crippen molar-refractivity contribution in [1.29, 1.82) is 0 Å². The Morgan fingerprint density at radius 2 is 2.23 bits per heavy atom. The fourth-order valence-electron chi connectivity index (χ4n) is 1.70. The Hall–Kier alpha value is -0.0500. The molecule has 1 aliphatic heterocycles. The Kier molecular flexibility index (Phi) is 2.63. The first-order chi connectivity index (χ1) is 6.18. The Labute approximate surface area is 91.6 Å². The molecule has 0 saturated carbocycles. The van der Waals surface area contributed by atoms with Crippen LogP contribution >= 0.6 is 27.5 Å². The first-order valence-corrected chi connectivity index (χ1v) is 5.54. The quantitative estimate of drug-likeness (QED) is 0.756. The van der Waals surface area contributed by atoms with Crippen LogP contribution in [0.1, 0.15) is 18.1 Å².